The van der Waals surface area contributed by atoms with Crippen molar-refractivity contribution < 1.29 is 4.79 Å². The summed E-state index contributed by atoms with van der Waals surface area (Å²) in [6.07, 6.45) is 3.00. The van der Waals surface area contributed by atoms with Crippen molar-refractivity contribution in [3.63, 3.8) is 0 Å². The number of carbonyl (C=O) groups excluding carboxylic acids is 1. The van der Waals surface area contributed by atoms with Crippen LogP contribution >= 0.6 is 11.3 Å². The Labute approximate surface area is 158 Å². The summed E-state index contributed by atoms with van der Waals surface area (Å²) in [4.78, 5) is 18.9. The molecule has 2 amide bonds. The van der Waals surface area contributed by atoms with E-state index < -0.39 is 0 Å². The van der Waals surface area contributed by atoms with Crippen molar-refractivity contribution in [2.75, 3.05) is 25.0 Å². The molecule has 1 fully saturated rings. The molecule has 0 radical (unpaired) electrons. The zero-order valence-corrected chi connectivity index (χ0v) is 16.3. The predicted octanol–water partition coefficient (Wildman–Crippen LogP) is 3.09. The Bertz CT molecular complexity index is 711. The Hall–Kier alpha value is -2.06. The Morgan fingerprint density at radius 2 is 2.08 bits per heavy atom. The number of anilines is 1. The second kappa shape index (κ2) is 8.55. The summed E-state index contributed by atoms with van der Waals surface area (Å²) >= 11 is 1.31. The first kappa shape index (κ1) is 18.7. The Morgan fingerprint density at radius 1 is 1.31 bits per heavy atom. The largest absolute Gasteiger partial charge is 0.334 e. The molecule has 140 valence electrons. The van der Waals surface area contributed by atoms with Crippen molar-refractivity contribution >= 4 is 22.5 Å². The number of urea groups is 1. The van der Waals surface area contributed by atoms with Gasteiger partial charge < -0.3 is 10.2 Å². The maximum atomic E-state index is 12.2. The number of likely N-dealkylation sites (tertiary alicyclic amines) is 1. The fourth-order valence-corrected chi connectivity index (χ4v) is 4.31. The Kier molecular flexibility index (Phi) is 6.16. The van der Waals surface area contributed by atoms with Crippen LogP contribution in [0.5, 0.6) is 0 Å². The third-order valence-electron chi connectivity index (χ3n) is 4.38. The van der Waals surface area contributed by atoms with Crippen LogP contribution in [0.15, 0.2) is 24.4 Å². The summed E-state index contributed by atoms with van der Waals surface area (Å²) < 4.78 is 0. The number of hydrogen-bond acceptors (Lipinski definition) is 6. The van der Waals surface area contributed by atoms with Gasteiger partial charge in [-0.05, 0) is 37.3 Å². The zero-order valence-electron chi connectivity index (χ0n) is 15.5. The van der Waals surface area contributed by atoms with Crippen molar-refractivity contribution in [2.45, 2.75) is 33.2 Å². The fourth-order valence-electron chi connectivity index (χ4n) is 3.60. The smallest absolute Gasteiger partial charge is 0.321 e. The van der Waals surface area contributed by atoms with Gasteiger partial charge in [0.15, 0.2) is 5.01 Å². The van der Waals surface area contributed by atoms with E-state index in [1.807, 2.05) is 25.1 Å². The summed E-state index contributed by atoms with van der Waals surface area (Å²) in [5, 5.41) is 15.0. The van der Waals surface area contributed by atoms with Crippen LogP contribution in [0.1, 0.15) is 27.2 Å². The van der Waals surface area contributed by atoms with Gasteiger partial charge in [-0.25, -0.2) is 4.79 Å². The van der Waals surface area contributed by atoms with Gasteiger partial charge in [0.05, 0.1) is 0 Å². The van der Waals surface area contributed by atoms with Gasteiger partial charge in [0.25, 0.3) is 0 Å². The van der Waals surface area contributed by atoms with Crippen molar-refractivity contribution in [1.29, 1.82) is 0 Å². The third kappa shape index (κ3) is 5.22. The van der Waals surface area contributed by atoms with E-state index in [-0.39, 0.29) is 12.1 Å². The molecule has 7 nitrogen and oxygen atoms in total. The second-order valence-electron chi connectivity index (χ2n) is 7.29. The van der Waals surface area contributed by atoms with Crippen molar-refractivity contribution in [3.8, 4) is 10.7 Å². The SMILES string of the molecule is CC1CC(C)CN(CC(C)NC(=O)Nc2nnc(-c3ccccn3)s2)C1. The highest BCUT2D eigenvalue weighted by Crippen LogP contribution is 2.24. The number of carbonyl (C=O) groups is 1. The molecule has 1 aliphatic heterocycles. The number of aromatic nitrogens is 3. The van der Waals surface area contributed by atoms with Crippen LogP contribution < -0.4 is 10.6 Å². The van der Waals surface area contributed by atoms with E-state index in [4.69, 9.17) is 0 Å². The second-order valence-corrected chi connectivity index (χ2v) is 8.27. The molecule has 0 spiro atoms. The minimum absolute atomic E-state index is 0.0654. The first-order valence-corrected chi connectivity index (χ1v) is 9.86. The maximum Gasteiger partial charge on any atom is 0.321 e. The van der Waals surface area contributed by atoms with Crippen LogP contribution in [0.4, 0.5) is 9.93 Å². The first-order valence-electron chi connectivity index (χ1n) is 9.04. The molecule has 8 heteroatoms. The molecule has 3 rings (SSSR count). The lowest BCUT2D eigenvalue weighted by Crippen LogP contribution is -2.47. The quantitative estimate of drug-likeness (QED) is 0.840. The summed E-state index contributed by atoms with van der Waals surface area (Å²) in [6.45, 7) is 9.67. The van der Waals surface area contributed by atoms with Gasteiger partial charge in [-0.1, -0.05) is 31.3 Å². The Morgan fingerprint density at radius 3 is 2.77 bits per heavy atom. The molecular formula is C18H26N6OS. The summed E-state index contributed by atoms with van der Waals surface area (Å²) in [5.74, 6) is 1.43. The van der Waals surface area contributed by atoms with Crippen molar-refractivity contribution in [2.24, 2.45) is 11.8 Å². The van der Waals surface area contributed by atoms with Crippen LogP contribution in [0, 0.1) is 11.8 Å². The number of hydrogen-bond donors (Lipinski definition) is 2. The van der Waals surface area contributed by atoms with Gasteiger partial charge in [0.2, 0.25) is 5.13 Å². The standard InChI is InChI=1S/C18H26N6OS/c1-12-8-13(2)10-24(9-12)11-14(3)20-17(25)21-18-23-22-16(26-18)15-6-4-5-7-19-15/h4-7,12-14H,8-11H2,1-3H3,(H2,20,21,23,25). The van der Waals surface area contributed by atoms with Gasteiger partial charge in [0, 0.05) is 31.9 Å². The third-order valence-corrected chi connectivity index (χ3v) is 5.24. The summed E-state index contributed by atoms with van der Waals surface area (Å²) in [5.41, 5.74) is 0.750. The van der Waals surface area contributed by atoms with Crippen LogP contribution in [-0.4, -0.2) is 51.8 Å². The lowest BCUT2D eigenvalue weighted by molar-refractivity contribution is 0.132. The molecule has 1 saturated heterocycles. The van der Waals surface area contributed by atoms with Gasteiger partial charge in [-0.3, -0.25) is 10.3 Å². The molecule has 0 saturated carbocycles. The van der Waals surface area contributed by atoms with E-state index in [2.05, 4.69) is 44.6 Å². The maximum absolute atomic E-state index is 12.2. The normalized spacial score (nSPS) is 22.0. The highest BCUT2D eigenvalue weighted by molar-refractivity contribution is 7.18. The molecule has 0 aliphatic carbocycles. The molecule has 3 unspecified atom stereocenters. The van der Waals surface area contributed by atoms with Crippen molar-refractivity contribution in [1.82, 2.24) is 25.4 Å². The van der Waals surface area contributed by atoms with Gasteiger partial charge in [-0.15, -0.1) is 10.2 Å². The summed E-state index contributed by atoms with van der Waals surface area (Å²) in [7, 11) is 0. The average Bonchev–Trinajstić information content (AvgIpc) is 3.02. The van der Waals surface area contributed by atoms with Gasteiger partial charge >= 0.3 is 6.03 Å². The lowest BCUT2D eigenvalue weighted by Gasteiger charge is -2.36. The molecule has 3 atom stereocenters. The van der Waals surface area contributed by atoms with E-state index in [1.165, 1.54) is 17.8 Å². The zero-order chi connectivity index (χ0) is 18.5. The van der Waals surface area contributed by atoms with Crippen LogP contribution in [-0.2, 0) is 0 Å². The number of piperidine rings is 1. The minimum Gasteiger partial charge on any atom is -0.334 e. The van der Waals surface area contributed by atoms with Crippen LogP contribution in [0.2, 0.25) is 0 Å². The molecule has 26 heavy (non-hydrogen) atoms. The van der Waals surface area contributed by atoms with Crippen LogP contribution in [0.3, 0.4) is 0 Å². The van der Waals surface area contributed by atoms with E-state index in [0.29, 0.717) is 22.0 Å². The monoisotopic (exact) mass is 374 g/mol. The molecule has 2 N–H and O–H groups in total. The molecular weight excluding hydrogens is 348 g/mol. The molecule has 2 aromatic rings. The lowest BCUT2D eigenvalue weighted by atomic mass is 9.92. The first-order chi connectivity index (χ1) is 12.5. The van der Waals surface area contributed by atoms with Crippen molar-refractivity contribution in [3.05, 3.63) is 24.4 Å². The molecule has 0 bridgehead atoms. The fraction of sp³-hybridized carbons (Fsp3) is 0.556. The summed E-state index contributed by atoms with van der Waals surface area (Å²) in [6, 6.07) is 5.43. The van der Waals surface area contributed by atoms with Gasteiger partial charge in [0.1, 0.15) is 5.69 Å². The van der Waals surface area contributed by atoms with E-state index in [0.717, 1.165) is 25.3 Å². The predicted molar refractivity (Wildman–Crippen MR) is 104 cm³/mol. The molecule has 2 aromatic heterocycles. The average molecular weight is 375 g/mol. The van der Waals surface area contributed by atoms with E-state index in [9.17, 15) is 4.79 Å². The van der Waals surface area contributed by atoms with Gasteiger partial charge in [-0.2, -0.15) is 0 Å². The number of amides is 2. The van der Waals surface area contributed by atoms with E-state index in [1.54, 1.807) is 6.20 Å². The topological polar surface area (TPSA) is 83.0 Å². The minimum atomic E-state index is -0.251. The Balaban J connectivity index is 1.48. The molecule has 0 aromatic carbocycles. The number of nitrogens with zero attached hydrogens (tertiary/aromatic N) is 4. The molecule has 1 aliphatic rings. The molecule has 3 heterocycles. The van der Waals surface area contributed by atoms with E-state index >= 15 is 0 Å². The number of rotatable bonds is 5. The highest BCUT2D eigenvalue weighted by Gasteiger charge is 2.23. The highest BCUT2D eigenvalue weighted by atomic mass is 32.1. The van der Waals surface area contributed by atoms with Crippen LogP contribution in [0.25, 0.3) is 10.7 Å². The number of pyridine rings is 1. The number of nitrogens with one attached hydrogen (secondary N) is 2.